The zero-order valence-electron chi connectivity index (χ0n) is 9.44. The van der Waals surface area contributed by atoms with Gasteiger partial charge in [0.2, 0.25) is 0 Å². The predicted molar refractivity (Wildman–Crippen MR) is 63.8 cm³/mol. The Labute approximate surface area is 91.8 Å². The monoisotopic (exact) mass is 202 g/mol. The summed E-state index contributed by atoms with van der Waals surface area (Å²) in [6, 6.07) is 9.88. The summed E-state index contributed by atoms with van der Waals surface area (Å²) in [6.07, 6.45) is 3.83. The van der Waals surface area contributed by atoms with Crippen LogP contribution in [0.3, 0.4) is 0 Å². The van der Waals surface area contributed by atoms with Crippen LogP contribution in [0.15, 0.2) is 43.0 Å². The molecule has 0 aromatic heterocycles. The van der Waals surface area contributed by atoms with Gasteiger partial charge >= 0.3 is 0 Å². The van der Waals surface area contributed by atoms with Crippen molar-refractivity contribution in [3.63, 3.8) is 0 Å². The lowest BCUT2D eigenvalue weighted by Crippen LogP contribution is -2.23. The van der Waals surface area contributed by atoms with Crippen LogP contribution in [0.5, 0.6) is 0 Å². The molecule has 1 aromatic carbocycles. The third-order valence-electron chi connectivity index (χ3n) is 3.23. The molecule has 0 N–H and O–H groups in total. The van der Waals surface area contributed by atoms with Gasteiger partial charge in [-0.2, -0.15) is 0 Å². The molecule has 0 heterocycles. The van der Waals surface area contributed by atoms with E-state index >= 15 is 0 Å². The van der Waals surface area contributed by atoms with E-state index in [0.29, 0.717) is 0 Å². The number of allylic oxidation sites excluding steroid dienone is 1. The highest BCUT2D eigenvalue weighted by atomic mass is 16.1. The minimum absolute atomic E-state index is 0.0961. The van der Waals surface area contributed by atoms with E-state index in [2.05, 4.69) is 20.4 Å². The third-order valence-corrected chi connectivity index (χ3v) is 3.23. The molecule has 15 heavy (non-hydrogen) atoms. The van der Waals surface area contributed by atoms with Gasteiger partial charge in [-0.25, -0.2) is 0 Å². The van der Waals surface area contributed by atoms with Crippen molar-refractivity contribution in [3.05, 3.63) is 48.6 Å². The fraction of sp³-hybridized carbons (Fsp3) is 0.357. The molecule has 0 aliphatic carbocycles. The highest BCUT2D eigenvalue weighted by Crippen LogP contribution is 2.38. The molecule has 0 aliphatic rings. The van der Waals surface area contributed by atoms with E-state index in [0.717, 1.165) is 18.3 Å². The summed E-state index contributed by atoms with van der Waals surface area (Å²) in [5.74, 6) is -0.0961. The molecule has 1 heteroatoms. The lowest BCUT2D eigenvalue weighted by Gasteiger charge is -2.30. The van der Waals surface area contributed by atoms with Crippen molar-refractivity contribution in [3.8, 4) is 0 Å². The summed E-state index contributed by atoms with van der Waals surface area (Å²) in [6.45, 7) is 8.00. The second kappa shape index (κ2) is 4.92. The zero-order valence-corrected chi connectivity index (χ0v) is 9.44. The summed E-state index contributed by atoms with van der Waals surface area (Å²) in [7, 11) is 0. The fourth-order valence-corrected chi connectivity index (χ4v) is 1.77. The summed E-state index contributed by atoms with van der Waals surface area (Å²) >= 11 is 0. The Hall–Kier alpha value is -1.37. The van der Waals surface area contributed by atoms with Crippen LogP contribution in [0.2, 0.25) is 0 Å². The Bertz CT molecular complexity index is 328. The van der Waals surface area contributed by atoms with E-state index in [4.69, 9.17) is 0 Å². The van der Waals surface area contributed by atoms with E-state index in [-0.39, 0.29) is 11.3 Å². The van der Waals surface area contributed by atoms with Crippen molar-refractivity contribution in [1.29, 1.82) is 0 Å². The number of hydrogen-bond donors (Lipinski definition) is 0. The molecule has 0 spiro atoms. The molecule has 1 aromatic rings. The van der Waals surface area contributed by atoms with Gasteiger partial charge in [-0.3, -0.25) is 0 Å². The number of carbonyl (C=O) groups is 1. The van der Waals surface area contributed by atoms with Crippen molar-refractivity contribution < 1.29 is 4.79 Å². The van der Waals surface area contributed by atoms with Crippen LogP contribution in [0.4, 0.5) is 0 Å². The predicted octanol–water partition coefficient (Wildman–Crippen LogP) is 3.57. The molecule has 0 radical (unpaired) electrons. The van der Waals surface area contributed by atoms with Crippen LogP contribution in [0.1, 0.15) is 31.7 Å². The molecule has 0 bridgehead atoms. The molecule has 1 rings (SSSR count). The number of benzene rings is 1. The van der Waals surface area contributed by atoms with Crippen molar-refractivity contribution in [2.45, 2.75) is 26.2 Å². The highest BCUT2D eigenvalue weighted by Gasteiger charge is 2.30. The first-order valence-corrected chi connectivity index (χ1v) is 5.31. The Morgan fingerprint density at radius 3 is 2.40 bits per heavy atom. The van der Waals surface area contributed by atoms with E-state index in [1.165, 1.54) is 0 Å². The van der Waals surface area contributed by atoms with Gasteiger partial charge in [0.25, 0.3) is 0 Å². The van der Waals surface area contributed by atoms with Gasteiger partial charge in [-0.1, -0.05) is 50.3 Å². The largest absolute Gasteiger partial charge is 0.303 e. The van der Waals surface area contributed by atoms with Gasteiger partial charge in [0, 0.05) is 5.92 Å². The molecule has 80 valence electrons. The SMILES string of the molecule is C=CC(C)(CC)C(C=O)c1ccccc1. The standard InChI is InChI=1S/C14H18O/c1-4-14(3,5-2)13(11-15)12-9-7-6-8-10-12/h4,6-11,13H,1,5H2,2-3H3. The topological polar surface area (TPSA) is 17.1 Å². The lowest BCUT2D eigenvalue weighted by molar-refractivity contribution is -0.110. The second-order valence-corrected chi connectivity index (χ2v) is 4.09. The Balaban J connectivity index is 3.09. The van der Waals surface area contributed by atoms with E-state index < -0.39 is 0 Å². The van der Waals surface area contributed by atoms with Gasteiger partial charge in [0.15, 0.2) is 0 Å². The first kappa shape index (κ1) is 11.7. The van der Waals surface area contributed by atoms with Crippen LogP contribution in [-0.4, -0.2) is 6.29 Å². The summed E-state index contributed by atoms with van der Waals surface area (Å²) in [5.41, 5.74) is 0.917. The lowest BCUT2D eigenvalue weighted by atomic mass is 9.72. The molecule has 2 atom stereocenters. The second-order valence-electron chi connectivity index (χ2n) is 4.09. The normalized spacial score (nSPS) is 16.4. The maximum Gasteiger partial charge on any atom is 0.128 e. The first-order chi connectivity index (χ1) is 7.18. The summed E-state index contributed by atoms with van der Waals surface area (Å²) in [5, 5.41) is 0. The highest BCUT2D eigenvalue weighted by molar-refractivity contribution is 5.64. The zero-order chi connectivity index (χ0) is 11.3. The van der Waals surface area contributed by atoms with Crippen LogP contribution < -0.4 is 0 Å². The van der Waals surface area contributed by atoms with Crippen molar-refractivity contribution >= 4 is 6.29 Å². The quantitative estimate of drug-likeness (QED) is 0.527. The Morgan fingerprint density at radius 2 is 2.00 bits per heavy atom. The molecule has 0 saturated heterocycles. The molecule has 0 amide bonds. The van der Waals surface area contributed by atoms with Crippen LogP contribution >= 0.6 is 0 Å². The molecule has 0 fully saturated rings. The number of aldehydes is 1. The minimum Gasteiger partial charge on any atom is -0.303 e. The van der Waals surface area contributed by atoms with E-state index in [1.54, 1.807) is 0 Å². The molecular weight excluding hydrogens is 184 g/mol. The number of hydrogen-bond acceptors (Lipinski definition) is 1. The molecule has 0 saturated carbocycles. The third kappa shape index (κ3) is 2.35. The van der Waals surface area contributed by atoms with Gasteiger partial charge in [0.05, 0.1) is 0 Å². The van der Waals surface area contributed by atoms with Gasteiger partial charge in [-0.15, -0.1) is 6.58 Å². The average molecular weight is 202 g/mol. The minimum atomic E-state index is -0.150. The Kier molecular flexibility index (Phi) is 3.84. The first-order valence-electron chi connectivity index (χ1n) is 5.31. The molecule has 2 unspecified atom stereocenters. The molecule has 0 aliphatic heterocycles. The van der Waals surface area contributed by atoms with Gasteiger partial charge in [0.1, 0.15) is 6.29 Å². The van der Waals surface area contributed by atoms with Crippen molar-refractivity contribution in [2.75, 3.05) is 0 Å². The van der Waals surface area contributed by atoms with Crippen LogP contribution in [-0.2, 0) is 4.79 Å². The molecular formula is C14H18O. The maximum absolute atomic E-state index is 11.2. The van der Waals surface area contributed by atoms with E-state index in [1.807, 2.05) is 36.4 Å². The fourth-order valence-electron chi connectivity index (χ4n) is 1.77. The van der Waals surface area contributed by atoms with Crippen LogP contribution in [0, 0.1) is 5.41 Å². The summed E-state index contributed by atoms with van der Waals surface area (Å²) < 4.78 is 0. The smallest absolute Gasteiger partial charge is 0.128 e. The Morgan fingerprint density at radius 1 is 1.40 bits per heavy atom. The summed E-state index contributed by atoms with van der Waals surface area (Å²) in [4.78, 5) is 11.2. The number of rotatable bonds is 5. The van der Waals surface area contributed by atoms with Crippen molar-refractivity contribution in [2.24, 2.45) is 5.41 Å². The van der Waals surface area contributed by atoms with Crippen LogP contribution in [0.25, 0.3) is 0 Å². The van der Waals surface area contributed by atoms with Crippen molar-refractivity contribution in [1.82, 2.24) is 0 Å². The maximum atomic E-state index is 11.2. The van der Waals surface area contributed by atoms with Gasteiger partial charge < -0.3 is 4.79 Å². The molecule has 1 nitrogen and oxygen atoms in total. The number of carbonyl (C=O) groups excluding carboxylic acids is 1. The van der Waals surface area contributed by atoms with Gasteiger partial charge in [-0.05, 0) is 17.4 Å². The average Bonchev–Trinajstić information content (AvgIpc) is 2.31. The van der Waals surface area contributed by atoms with E-state index in [9.17, 15) is 4.79 Å².